The van der Waals surface area contributed by atoms with Crippen LogP contribution in [0.2, 0.25) is 0 Å². The second kappa shape index (κ2) is 8.53. The molecule has 4 saturated carbocycles. The molecule has 2 heteroatoms. The number of nitrogens with zero attached hydrogens (tertiary/aromatic N) is 2. The third kappa shape index (κ3) is 3.84. The highest BCUT2D eigenvalue weighted by molar-refractivity contribution is 5.95. The fourth-order valence-corrected chi connectivity index (χ4v) is 8.46. The molecule has 0 N–H and O–H groups in total. The normalized spacial score (nSPS) is 47.7. The van der Waals surface area contributed by atoms with Crippen LogP contribution < -0.4 is 0 Å². The lowest BCUT2D eigenvalue weighted by molar-refractivity contribution is 0.00945. The van der Waals surface area contributed by atoms with Gasteiger partial charge in [0.15, 0.2) is 0 Å². The van der Waals surface area contributed by atoms with Crippen molar-refractivity contribution in [2.24, 2.45) is 55.5 Å². The summed E-state index contributed by atoms with van der Waals surface area (Å²) in [6.07, 6.45) is 15.8. The topological polar surface area (TPSA) is 24.7 Å². The van der Waals surface area contributed by atoms with Gasteiger partial charge >= 0.3 is 0 Å². The Morgan fingerprint density at radius 3 is 1.34 bits per heavy atom. The van der Waals surface area contributed by atoms with Crippen molar-refractivity contribution in [1.29, 1.82) is 0 Å². The van der Waals surface area contributed by atoms with Gasteiger partial charge in [-0.2, -0.15) is 10.2 Å². The highest BCUT2D eigenvalue weighted by Crippen LogP contribution is 2.61. The Balaban J connectivity index is 1.68. The summed E-state index contributed by atoms with van der Waals surface area (Å²) >= 11 is 0. The van der Waals surface area contributed by atoms with Gasteiger partial charge in [0.05, 0.1) is 0 Å². The Labute approximate surface area is 199 Å². The molecule has 0 aromatic rings. The monoisotopic (exact) mass is 440 g/mol. The first-order chi connectivity index (χ1) is 14.9. The fourth-order valence-electron chi connectivity index (χ4n) is 8.46. The molecule has 0 heterocycles. The lowest BCUT2D eigenvalue weighted by Crippen LogP contribution is -2.52. The molecule has 4 rings (SSSR count). The quantitative estimate of drug-likeness (QED) is 0.391. The predicted octanol–water partition coefficient (Wildman–Crippen LogP) is 9.09. The summed E-state index contributed by atoms with van der Waals surface area (Å²) in [6, 6.07) is 0. The van der Waals surface area contributed by atoms with Crippen molar-refractivity contribution >= 4 is 11.4 Å². The summed E-state index contributed by atoms with van der Waals surface area (Å²) in [4.78, 5) is 0. The van der Waals surface area contributed by atoms with Crippen LogP contribution in [0.3, 0.4) is 0 Å². The molecule has 32 heavy (non-hydrogen) atoms. The molecule has 4 fully saturated rings. The second-order valence-electron chi connectivity index (χ2n) is 14.1. The average molecular weight is 441 g/mol. The van der Waals surface area contributed by atoms with Gasteiger partial charge < -0.3 is 0 Å². The molecule has 4 aliphatic carbocycles. The van der Waals surface area contributed by atoms with Gasteiger partial charge in [0.2, 0.25) is 0 Å². The highest BCUT2D eigenvalue weighted by atomic mass is 15.2. The summed E-state index contributed by atoms with van der Waals surface area (Å²) < 4.78 is 0. The molecule has 0 unspecified atom stereocenters. The Hall–Kier alpha value is -0.660. The van der Waals surface area contributed by atoms with Crippen molar-refractivity contribution in [2.45, 2.75) is 132 Å². The van der Waals surface area contributed by atoms with E-state index < -0.39 is 0 Å². The van der Waals surface area contributed by atoms with E-state index in [-0.39, 0.29) is 10.8 Å². The lowest BCUT2D eigenvalue weighted by Gasteiger charge is -2.57. The van der Waals surface area contributed by atoms with Gasteiger partial charge in [0.1, 0.15) is 0 Å². The molecule has 0 saturated heterocycles. The Bertz CT molecular complexity index is 699. The van der Waals surface area contributed by atoms with E-state index in [0.29, 0.717) is 10.8 Å². The summed E-state index contributed by atoms with van der Waals surface area (Å²) in [5.41, 5.74) is 4.16. The van der Waals surface area contributed by atoms with Gasteiger partial charge in [0, 0.05) is 22.3 Å². The maximum absolute atomic E-state index is 5.24. The number of hydrogen-bond donors (Lipinski definition) is 0. The van der Waals surface area contributed by atoms with E-state index in [2.05, 4.69) is 55.4 Å². The van der Waals surface area contributed by atoms with E-state index in [4.69, 9.17) is 10.2 Å². The maximum atomic E-state index is 5.24. The van der Waals surface area contributed by atoms with Gasteiger partial charge in [-0.1, -0.05) is 55.4 Å². The zero-order chi connectivity index (χ0) is 23.4. The lowest BCUT2D eigenvalue weighted by atomic mass is 9.48. The molecular weight excluding hydrogens is 388 g/mol. The standard InChI is InChI=1S/C30H52N2/c1-21(2)23-13-17-27(5)15-9-11-25(29(27,7)19-23)31-32-26-12-10-16-28(6)18-14-24(22(3)4)20-30(26,28)8/h21-24H,9-20H2,1-8H3/b31-25-,32-26+/t23-,24+,27-,28+,29-,30+/m0/s1. The van der Waals surface area contributed by atoms with Crippen molar-refractivity contribution < 1.29 is 0 Å². The van der Waals surface area contributed by atoms with Crippen molar-refractivity contribution in [3.05, 3.63) is 0 Å². The van der Waals surface area contributed by atoms with Gasteiger partial charge in [-0.15, -0.1) is 0 Å². The third-order valence-corrected chi connectivity index (χ3v) is 11.9. The zero-order valence-electron chi connectivity index (χ0n) is 22.7. The van der Waals surface area contributed by atoms with E-state index in [1.807, 2.05) is 0 Å². The largest absolute Gasteiger partial charge is 0.160 e. The molecule has 0 amide bonds. The molecule has 4 aliphatic rings. The minimum Gasteiger partial charge on any atom is -0.160 e. The maximum Gasteiger partial charge on any atom is 0.0470 e. The molecule has 0 aliphatic heterocycles. The molecular formula is C30H52N2. The van der Waals surface area contributed by atoms with Crippen LogP contribution in [0.4, 0.5) is 0 Å². The number of fused-ring (bicyclic) bond motifs is 2. The van der Waals surface area contributed by atoms with Crippen LogP contribution in [-0.2, 0) is 0 Å². The second-order valence-corrected chi connectivity index (χ2v) is 14.1. The molecule has 0 bridgehead atoms. The zero-order valence-corrected chi connectivity index (χ0v) is 22.7. The van der Waals surface area contributed by atoms with Crippen LogP contribution in [0, 0.1) is 45.3 Å². The molecule has 0 aromatic heterocycles. The van der Waals surface area contributed by atoms with Gasteiger partial charge in [-0.3, -0.25) is 0 Å². The predicted molar refractivity (Wildman–Crippen MR) is 139 cm³/mol. The summed E-state index contributed by atoms with van der Waals surface area (Å²) in [6.45, 7) is 20.0. The molecule has 6 atom stereocenters. The first-order valence-corrected chi connectivity index (χ1v) is 14.1. The van der Waals surface area contributed by atoms with Crippen molar-refractivity contribution in [1.82, 2.24) is 0 Å². The van der Waals surface area contributed by atoms with Gasteiger partial charge in [-0.05, 0) is 112 Å². The van der Waals surface area contributed by atoms with Crippen LogP contribution >= 0.6 is 0 Å². The summed E-state index contributed by atoms with van der Waals surface area (Å²) in [5, 5.41) is 10.5. The van der Waals surface area contributed by atoms with Crippen LogP contribution in [0.5, 0.6) is 0 Å². The highest BCUT2D eigenvalue weighted by Gasteiger charge is 2.55. The first-order valence-electron chi connectivity index (χ1n) is 14.1. The van der Waals surface area contributed by atoms with Crippen molar-refractivity contribution in [3.63, 3.8) is 0 Å². The molecule has 0 aromatic carbocycles. The average Bonchev–Trinajstić information content (AvgIpc) is 2.72. The Morgan fingerprint density at radius 2 is 1.00 bits per heavy atom. The minimum atomic E-state index is 0.231. The summed E-state index contributed by atoms with van der Waals surface area (Å²) in [5.74, 6) is 3.23. The SMILES string of the molecule is CC(C)[C@@H]1CC[C@@]2(C)CCC/C(=N\N=C3\CCC[C@@]4(C)CC[C@H](C(C)C)C[C@@]34C)[C@@]2(C)C1. The third-order valence-electron chi connectivity index (χ3n) is 11.9. The van der Waals surface area contributed by atoms with E-state index in [1.165, 1.54) is 75.6 Å². The van der Waals surface area contributed by atoms with E-state index >= 15 is 0 Å². The van der Waals surface area contributed by atoms with Crippen LogP contribution in [0.25, 0.3) is 0 Å². The smallest absolute Gasteiger partial charge is 0.0470 e. The van der Waals surface area contributed by atoms with Crippen LogP contribution in [-0.4, -0.2) is 11.4 Å². The van der Waals surface area contributed by atoms with E-state index in [9.17, 15) is 0 Å². The van der Waals surface area contributed by atoms with Crippen molar-refractivity contribution in [3.8, 4) is 0 Å². The van der Waals surface area contributed by atoms with E-state index in [1.54, 1.807) is 0 Å². The van der Waals surface area contributed by atoms with Crippen molar-refractivity contribution in [2.75, 3.05) is 0 Å². The fraction of sp³-hybridized carbons (Fsp3) is 0.933. The molecule has 0 radical (unpaired) electrons. The Kier molecular flexibility index (Phi) is 6.52. The molecule has 182 valence electrons. The number of rotatable bonds is 3. The van der Waals surface area contributed by atoms with Crippen LogP contribution in [0.15, 0.2) is 10.2 Å². The Morgan fingerprint density at radius 1 is 0.625 bits per heavy atom. The molecule has 0 spiro atoms. The first kappa shape index (κ1) is 24.5. The van der Waals surface area contributed by atoms with Gasteiger partial charge in [-0.25, -0.2) is 0 Å². The molecule has 2 nitrogen and oxygen atoms in total. The van der Waals surface area contributed by atoms with Gasteiger partial charge in [0.25, 0.3) is 0 Å². The summed E-state index contributed by atoms with van der Waals surface area (Å²) in [7, 11) is 0. The van der Waals surface area contributed by atoms with Crippen LogP contribution in [0.1, 0.15) is 132 Å². The number of hydrogen-bond acceptors (Lipinski definition) is 2. The minimum absolute atomic E-state index is 0.231. The van der Waals surface area contributed by atoms with E-state index in [0.717, 1.165) is 36.5 Å².